The van der Waals surface area contributed by atoms with Gasteiger partial charge in [0.05, 0.1) is 10.0 Å². The maximum atomic E-state index is 12.3. The van der Waals surface area contributed by atoms with Crippen LogP contribution in [0, 0.1) is 0 Å². The third-order valence-electron chi connectivity index (χ3n) is 5.30. The van der Waals surface area contributed by atoms with Gasteiger partial charge in [0.2, 0.25) is 11.8 Å². The average Bonchev–Trinajstić information content (AvgIpc) is 2.93. The van der Waals surface area contributed by atoms with E-state index in [1.807, 2.05) is 0 Å². The Bertz CT molecular complexity index is 1470. The smallest absolute Gasteiger partial charge is 0.408 e. The second-order valence-electron chi connectivity index (χ2n) is 11.7. The zero-order valence-electron chi connectivity index (χ0n) is 26.2. The van der Waals surface area contributed by atoms with Crippen molar-refractivity contribution in [3.8, 4) is 23.0 Å². The summed E-state index contributed by atoms with van der Waals surface area (Å²) in [6.07, 6.45) is -1.42. The lowest BCUT2D eigenvalue weighted by Crippen LogP contribution is -2.37. The lowest BCUT2D eigenvalue weighted by Gasteiger charge is -2.19. The zero-order chi connectivity index (χ0) is 34.1. The van der Waals surface area contributed by atoms with Crippen molar-refractivity contribution in [2.75, 3.05) is 23.7 Å². The van der Waals surface area contributed by atoms with Gasteiger partial charge in [-0.2, -0.15) is 0 Å². The molecule has 0 atom stereocenters. The number of nitrogens with one attached hydrogen (secondary N) is 4. The number of carbonyl (C=O) groups is 4. The Morgan fingerprint density at radius 3 is 1.28 bits per heavy atom. The SMILES string of the molecule is CC(C)(C)OC(=O)NCC(=O)Nc1ccc(Oc2ccccc2Oc2ccc(NC(=O)CNC(=O)OC(C)(C)C)cc2Cl)c(Cl)c1. The van der Waals surface area contributed by atoms with Crippen LogP contribution in [-0.4, -0.2) is 48.3 Å². The summed E-state index contributed by atoms with van der Waals surface area (Å²) in [6, 6.07) is 16.1. The van der Waals surface area contributed by atoms with Crippen LogP contribution in [0.2, 0.25) is 10.0 Å². The van der Waals surface area contributed by atoms with Crippen LogP contribution >= 0.6 is 23.2 Å². The lowest BCUT2D eigenvalue weighted by molar-refractivity contribution is -0.116. The highest BCUT2D eigenvalue weighted by Gasteiger charge is 2.18. The molecule has 0 fully saturated rings. The molecule has 4 amide bonds. The van der Waals surface area contributed by atoms with E-state index in [1.165, 1.54) is 12.1 Å². The molecule has 0 radical (unpaired) electrons. The van der Waals surface area contributed by atoms with Gasteiger partial charge in [-0.15, -0.1) is 0 Å². The molecule has 0 bridgehead atoms. The average molecular weight is 676 g/mol. The molecule has 3 aromatic carbocycles. The number of para-hydroxylation sites is 2. The van der Waals surface area contributed by atoms with Crippen LogP contribution < -0.4 is 30.7 Å². The highest BCUT2D eigenvalue weighted by atomic mass is 35.5. The minimum atomic E-state index is -0.709. The van der Waals surface area contributed by atoms with Gasteiger partial charge in [0.25, 0.3) is 0 Å². The fourth-order valence-electron chi connectivity index (χ4n) is 3.52. The van der Waals surface area contributed by atoms with Gasteiger partial charge in [-0.1, -0.05) is 35.3 Å². The van der Waals surface area contributed by atoms with Crippen molar-refractivity contribution in [2.24, 2.45) is 0 Å². The fraction of sp³-hybridized carbons (Fsp3) is 0.312. The zero-order valence-corrected chi connectivity index (χ0v) is 27.7. The summed E-state index contributed by atoms with van der Waals surface area (Å²) in [4.78, 5) is 48.1. The van der Waals surface area contributed by atoms with Crippen LogP contribution in [0.5, 0.6) is 23.0 Å². The largest absolute Gasteiger partial charge is 0.452 e. The van der Waals surface area contributed by atoms with Crippen molar-refractivity contribution >= 4 is 58.6 Å². The first kappa shape index (κ1) is 35.8. The summed E-state index contributed by atoms with van der Waals surface area (Å²) in [5, 5.41) is 10.4. The molecule has 14 heteroatoms. The molecule has 3 aromatic rings. The van der Waals surface area contributed by atoms with Gasteiger partial charge in [-0.3, -0.25) is 9.59 Å². The first-order chi connectivity index (χ1) is 21.5. The first-order valence-electron chi connectivity index (χ1n) is 14.0. The molecule has 0 spiro atoms. The molecular weight excluding hydrogens is 639 g/mol. The van der Waals surface area contributed by atoms with Crippen LogP contribution in [0.25, 0.3) is 0 Å². The minimum Gasteiger partial charge on any atom is -0.452 e. The summed E-state index contributed by atoms with van der Waals surface area (Å²) >= 11 is 12.9. The van der Waals surface area contributed by atoms with Crippen molar-refractivity contribution in [3.05, 3.63) is 70.7 Å². The first-order valence-corrected chi connectivity index (χ1v) is 14.8. The fourth-order valence-corrected chi connectivity index (χ4v) is 3.96. The van der Waals surface area contributed by atoms with Crippen LogP contribution in [0.4, 0.5) is 21.0 Å². The topological polar surface area (TPSA) is 153 Å². The van der Waals surface area contributed by atoms with Crippen LogP contribution in [0.3, 0.4) is 0 Å². The number of hydrogen-bond donors (Lipinski definition) is 4. The summed E-state index contributed by atoms with van der Waals surface area (Å²) in [6.45, 7) is 9.72. The molecule has 0 aliphatic carbocycles. The Labute approximate surface area is 277 Å². The minimum absolute atomic E-state index is 0.201. The van der Waals surface area contributed by atoms with Crippen LogP contribution in [0.15, 0.2) is 60.7 Å². The van der Waals surface area contributed by atoms with Crippen molar-refractivity contribution in [3.63, 3.8) is 0 Å². The van der Waals surface area contributed by atoms with E-state index >= 15 is 0 Å². The van der Waals surface area contributed by atoms with Gasteiger partial charge in [-0.05, 0) is 90.1 Å². The lowest BCUT2D eigenvalue weighted by atomic mass is 10.2. The molecule has 246 valence electrons. The van der Waals surface area contributed by atoms with Gasteiger partial charge in [0, 0.05) is 11.4 Å². The molecule has 4 N–H and O–H groups in total. The number of carbonyl (C=O) groups excluding carboxylic acids is 4. The monoisotopic (exact) mass is 674 g/mol. The quantitative estimate of drug-likeness (QED) is 0.172. The van der Waals surface area contributed by atoms with Crippen molar-refractivity contribution < 1.29 is 38.1 Å². The second-order valence-corrected chi connectivity index (χ2v) is 12.6. The molecule has 0 saturated carbocycles. The predicted octanol–water partition coefficient (Wildman–Crippen LogP) is 7.50. The molecule has 0 unspecified atom stereocenters. The Kier molecular flexibility index (Phi) is 12.1. The summed E-state index contributed by atoms with van der Waals surface area (Å²) in [5.41, 5.74) is -0.600. The number of anilines is 2. The molecule has 46 heavy (non-hydrogen) atoms. The van der Waals surface area contributed by atoms with E-state index in [-0.39, 0.29) is 34.6 Å². The summed E-state index contributed by atoms with van der Waals surface area (Å²) < 4.78 is 22.2. The second kappa shape index (κ2) is 15.5. The van der Waals surface area contributed by atoms with E-state index < -0.39 is 35.2 Å². The summed E-state index contributed by atoms with van der Waals surface area (Å²) in [7, 11) is 0. The number of hydrogen-bond acceptors (Lipinski definition) is 8. The Balaban J connectivity index is 1.59. The Morgan fingerprint density at radius 1 is 0.587 bits per heavy atom. The molecule has 0 aliphatic rings. The number of halogens is 2. The van der Waals surface area contributed by atoms with Gasteiger partial charge in [-0.25, -0.2) is 9.59 Å². The number of rotatable bonds is 10. The molecule has 0 aromatic heterocycles. The number of alkyl carbamates (subject to hydrolysis) is 2. The molecular formula is C32H36Cl2N4O8. The summed E-state index contributed by atoms with van der Waals surface area (Å²) in [5.74, 6) is 0.260. The van der Waals surface area contributed by atoms with Crippen molar-refractivity contribution in [2.45, 2.75) is 52.7 Å². The third-order valence-corrected chi connectivity index (χ3v) is 5.90. The maximum Gasteiger partial charge on any atom is 0.408 e. The van der Waals surface area contributed by atoms with Crippen molar-refractivity contribution in [1.82, 2.24) is 10.6 Å². The highest BCUT2D eigenvalue weighted by molar-refractivity contribution is 6.32. The molecule has 3 rings (SSSR count). The number of benzene rings is 3. The van der Waals surface area contributed by atoms with E-state index in [1.54, 1.807) is 90.1 Å². The van der Waals surface area contributed by atoms with E-state index in [0.717, 1.165) is 0 Å². The van der Waals surface area contributed by atoms with E-state index in [0.29, 0.717) is 22.9 Å². The van der Waals surface area contributed by atoms with Crippen LogP contribution in [-0.2, 0) is 19.1 Å². The van der Waals surface area contributed by atoms with E-state index in [2.05, 4.69) is 21.3 Å². The third kappa shape index (κ3) is 12.4. The molecule has 0 heterocycles. The van der Waals surface area contributed by atoms with Gasteiger partial charge >= 0.3 is 12.2 Å². The van der Waals surface area contributed by atoms with Crippen LogP contribution in [0.1, 0.15) is 41.5 Å². The normalized spacial score (nSPS) is 11.1. The number of ether oxygens (including phenoxy) is 4. The molecule has 0 saturated heterocycles. The molecule has 0 aliphatic heterocycles. The predicted molar refractivity (Wildman–Crippen MR) is 175 cm³/mol. The Morgan fingerprint density at radius 2 is 0.957 bits per heavy atom. The highest BCUT2D eigenvalue weighted by Crippen LogP contribution is 2.40. The standard InChI is InChI=1S/C32H36Cl2N4O8/c1-31(2,3)45-29(41)35-17-27(39)37-19-11-13-23(21(33)15-19)43-25-9-7-8-10-26(25)44-24-14-12-20(16-22(24)34)38-28(40)18-36-30(42)46-32(4,5)6/h7-16H,17-18H2,1-6H3,(H,35,41)(H,36,42)(H,37,39)(H,38,40). The molecule has 12 nitrogen and oxygen atoms in total. The van der Waals surface area contributed by atoms with Gasteiger partial charge < -0.3 is 40.2 Å². The Hall–Kier alpha value is -4.68. The van der Waals surface area contributed by atoms with Gasteiger partial charge in [0.1, 0.15) is 35.8 Å². The van der Waals surface area contributed by atoms with Crippen molar-refractivity contribution in [1.29, 1.82) is 0 Å². The van der Waals surface area contributed by atoms with E-state index in [4.69, 9.17) is 42.1 Å². The van der Waals surface area contributed by atoms with E-state index in [9.17, 15) is 19.2 Å². The maximum absolute atomic E-state index is 12.3. The number of amides is 4. The van der Waals surface area contributed by atoms with Gasteiger partial charge in [0.15, 0.2) is 11.5 Å².